The van der Waals surface area contributed by atoms with Crippen molar-refractivity contribution in [2.75, 3.05) is 0 Å². The SMILES string of the molecule is CC12CCC(Cl)(C#N)C(C)(C)C1O2. The van der Waals surface area contributed by atoms with Crippen molar-refractivity contribution < 1.29 is 4.74 Å². The van der Waals surface area contributed by atoms with Gasteiger partial charge in [0.25, 0.3) is 0 Å². The molecule has 3 unspecified atom stereocenters. The summed E-state index contributed by atoms with van der Waals surface area (Å²) in [6.07, 6.45) is 1.79. The van der Waals surface area contributed by atoms with E-state index in [-0.39, 0.29) is 17.1 Å². The number of rotatable bonds is 0. The maximum Gasteiger partial charge on any atom is 0.138 e. The third kappa shape index (κ3) is 0.978. The molecule has 1 aliphatic carbocycles. The minimum Gasteiger partial charge on any atom is -0.366 e. The van der Waals surface area contributed by atoms with Crippen LogP contribution in [0.3, 0.4) is 0 Å². The molecule has 0 bridgehead atoms. The Morgan fingerprint density at radius 1 is 1.38 bits per heavy atom. The van der Waals surface area contributed by atoms with Crippen molar-refractivity contribution in [1.29, 1.82) is 5.26 Å². The number of alkyl halides is 1. The minimum atomic E-state index is -0.742. The van der Waals surface area contributed by atoms with E-state index in [0.717, 1.165) is 12.8 Å². The van der Waals surface area contributed by atoms with Crippen LogP contribution in [0.2, 0.25) is 0 Å². The molecule has 1 saturated carbocycles. The van der Waals surface area contributed by atoms with Crippen molar-refractivity contribution in [3.63, 3.8) is 0 Å². The Balaban J connectivity index is 2.34. The summed E-state index contributed by atoms with van der Waals surface area (Å²) >= 11 is 6.29. The van der Waals surface area contributed by atoms with Gasteiger partial charge in [0.15, 0.2) is 0 Å². The lowest BCUT2D eigenvalue weighted by Gasteiger charge is -2.40. The van der Waals surface area contributed by atoms with Crippen LogP contribution in [0.4, 0.5) is 0 Å². The highest BCUT2D eigenvalue weighted by atomic mass is 35.5. The van der Waals surface area contributed by atoms with Gasteiger partial charge in [0.1, 0.15) is 4.87 Å². The summed E-state index contributed by atoms with van der Waals surface area (Å²) in [7, 11) is 0. The van der Waals surface area contributed by atoms with Crippen LogP contribution in [0, 0.1) is 16.7 Å². The average Bonchev–Trinajstić information content (AvgIpc) is 2.74. The molecule has 1 heterocycles. The smallest absolute Gasteiger partial charge is 0.138 e. The average molecular weight is 200 g/mol. The van der Waals surface area contributed by atoms with Gasteiger partial charge in [-0.25, -0.2) is 0 Å². The molecule has 0 spiro atoms. The van der Waals surface area contributed by atoms with Crippen LogP contribution in [-0.4, -0.2) is 16.6 Å². The molecule has 2 nitrogen and oxygen atoms in total. The van der Waals surface area contributed by atoms with Crippen molar-refractivity contribution in [2.45, 2.75) is 50.2 Å². The fourth-order valence-corrected chi connectivity index (χ4v) is 2.68. The van der Waals surface area contributed by atoms with Crippen LogP contribution in [-0.2, 0) is 4.74 Å². The van der Waals surface area contributed by atoms with Crippen LogP contribution in [0.5, 0.6) is 0 Å². The first kappa shape index (κ1) is 9.30. The number of nitrogens with zero attached hydrogens (tertiary/aromatic N) is 1. The summed E-state index contributed by atoms with van der Waals surface area (Å²) in [6, 6.07) is 2.23. The topological polar surface area (TPSA) is 36.3 Å². The summed E-state index contributed by atoms with van der Waals surface area (Å²) in [5.41, 5.74) is -0.241. The predicted octanol–water partition coefficient (Wildman–Crippen LogP) is 2.47. The maximum absolute atomic E-state index is 9.07. The van der Waals surface area contributed by atoms with Gasteiger partial charge in [-0.15, -0.1) is 11.6 Å². The molecule has 0 N–H and O–H groups in total. The molecule has 0 radical (unpaired) electrons. The van der Waals surface area contributed by atoms with Crippen molar-refractivity contribution in [1.82, 2.24) is 0 Å². The standard InChI is InChI=1S/C10H14ClNO/c1-8(2)7-9(3,13-7)4-5-10(8,11)6-12/h7H,4-5H2,1-3H3. The highest BCUT2D eigenvalue weighted by Crippen LogP contribution is 2.61. The van der Waals surface area contributed by atoms with E-state index in [1.165, 1.54) is 0 Å². The van der Waals surface area contributed by atoms with Gasteiger partial charge in [-0.05, 0) is 19.8 Å². The lowest BCUT2D eigenvalue weighted by molar-refractivity contribution is 0.197. The second kappa shape index (κ2) is 2.21. The lowest BCUT2D eigenvalue weighted by atomic mass is 9.65. The number of nitriles is 1. The number of halogens is 1. The van der Waals surface area contributed by atoms with E-state index in [2.05, 4.69) is 13.0 Å². The number of hydrogen-bond donors (Lipinski definition) is 0. The Labute approximate surface area is 83.8 Å². The third-order valence-electron chi connectivity index (χ3n) is 3.70. The Hall–Kier alpha value is -0.260. The number of hydrogen-bond acceptors (Lipinski definition) is 2. The van der Waals surface area contributed by atoms with Crippen LogP contribution < -0.4 is 0 Å². The molecule has 0 amide bonds. The quantitative estimate of drug-likeness (QED) is 0.444. The predicted molar refractivity (Wildman–Crippen MR) is 50.5 cm³/mol. The zero-order valence-electron chi connectivity index (χ0n) is 8.22. The minimum absolute atomic E-state index is 0.00125. The molecule has 2 fully saturated rings. The zero-order valence-corrected chi connectivity index (χ0v) is 8.98. The van der Waals surface area contributed by atoms with E-state index in [1.54, 1.807) is 0 Å². The van der Waals surface area contributed by atoms with E-state index in [1.807, 2.05) is 13.8 Å². The number of ether oxygens (including phenoxy) is 1. The second-order valence-electron chi connectivity index (χ2n) is 4.95. The molecule has 3 atom stereocenters. The van der Waals surface area contributed by atoms with Gasteiger partial charge >= 0.3 is 0 Å². The zero-order chi connectivity index (χ0) is 9.91. The first-order valence-electron chi connectivity index (χ1n) is 4.64. The molecule has 0 aromatic carbocycles. The Bertz CT molecular complexity index is 296. The van der Waals surface area contributed by atoms with E-state index in [9.17, 15) is 0 Å². The van der Waals surface area contributed by atoms with Crippen LogP contribution in [0.15, 0.2) is 0 Å². The van der Waals surface area contributed by atoms with Gasteiger partial charge in [-0.2, -0.15) is 5.26 Å². The van der Waals surface area contributed by atoms with Crippen LogP contribution in [0.25, 0.3) is 0 Å². The van der Waals surface area contributed by atoms with Gasteiger partial charge in [0, 0.05) is 5.41 Å². The van der Waals surface area contributed by atoms with Gasteiger partial charge in [-0.3, -0.25) is 0 Å². The monoisotopic (exact) mass is 199 g/mol. The number of epoxide rings is 1. The summed E-state index contributed by atoms with van der Waals surface area (Å²) in [6.45, 7) is 6.16. The molecule has 1 saturated heterocycles. The van der Waals surface area contributed by atoms with Crippen molar-refractivity contribution in [3.8, 4) is 6.07 Å². The molecule has 2 rings (SSSR count). The molecule has 2 aliphatic rings. The Morgan fingerprint density at radius 3 is 2.54 bits per heavy atom. The van der Waals surface area contributed by atoms with Crippen LogP contribution >= 0.6 is 11.6 Å². The molecule has 0 aromatic heterocycles. The molecule has 0 aromatic rings. The molecule has 3 heteroatoms. The Morgan fingerprint density at radius 2 is 2.00 bits per heavy atom. The highest BCUT2D eigenvalue weighted by Gasteiger charge is 2.69. The largest absolute Gasteiger partial charge is 0.366 e. The van der Waals surface area contributed by atoms with Gasteiger partial charge < -0.3 is 4.74 Å². The molecular formula is C10H14ClNO. The van der Waals surface area contributed by atoms with Gasteiger partial charge in [0.2, 0.25) is 0 Å². The van der Waals surface area contributed by atoms with E-state index in [4.69, 9.17) is 21.6 Å². The van der Waals surface area contributed by atoms with Gasteiger partial charge in [0.05, 0.1) is 17.8 Å². The first-order valence-corrected chi connectivity index (χ1v) is 5.01. The van der Waals surface area contributed by atoms with Crippen molar-refractivity contribution in [3.05, 3.63) is 0 Å². The van der Waals surface area contributed by atoms with E-state index >= 15 is 0 Å². The second-order valence-corrected chi connectivity index (χ2v) is 5.59. The third-order valence-corrected chi connectivity index (χ3v) is 4.46. The summed E-state index contributed by atoms with van der Waals surface area (Å²) in [4.78, 5) is -0.742. The van der Waals surface area contributed by atoms with Gasteiger partial charge in [-0.1, -0.05) is 13.8 Å². The fourth-order valence-electron chi connectivity index (χ4n) is 2.49. The van der Waals surface area contributed by atoms with Crippen molar-refractivity contribution in [2.24, 2.45) is 5.41 Å². The molecule has 72 valence electrons. The van der Waals surface area contributed by atoms with Crippen molar-refractivity contribution >= 4 is 11.6 Å². The first-order chi connectivity index (χ1) is 5.86. The fraction of sp³-hybridized carbons (Fsp3) is 0.900. The normalized spacial score (nSPS) is 52.1. The molecule has 13 heavy (non-hydrogen) atoms. The highest BCUT2D eigenvalue weighted by molar-refractivity contribution is 6.26. The van der Waals surface area contributed by atoms with E-state index in [0.29, 0.717) is 0 Å². The van der Waals surface area contributed by atoms with Crippen LogP contribution in [0.1, 0.15) is 33.6 Å². The summed E-state index contributed by atoms with van der Waals surface area (Å²) in [5.74, 6) is 0. The molecular weight excluding hydrogens is 186 g/mol. The Kier molecular flexibility index (Phi) is 1.58. The van der Waals surface area contributed by atoms with E-state index < -0.39 is 4.87 Å². The summed E-state index contributed by atoms with van der Waals surface area (Å²) in [5, 5.41) is 9.07. The lowest BCUT2D eigenvalue weighted by Crippen LogP contribution is -2.48. The molecule has 1 aliphatic heterocycles. The number of fused-ring (bicyclic) bond motifs is 1. The maximum atomic E-state index is 9.07. The summed E-state index contributed by atoms with van der Waals surface area (Å²) < 4.78 is 5.64.